The quantitative estimate of drug-likeness (QED) is 0.712. The number of piperidine rings is 1. The number of carbonyl (C=O) groups is 1. The van der Waals surface area contributed by atoms with Gasteiger partial charge in [-0.3, -0.25) is 15.0 Å². The summed E-state index contributed by atoms with van der Waals surface area (Å²) in [6.07, 6.45) is 3.10. The molecule has 8 heteroatoms. The highest BCUT2D eigenvalue weighted by Gasteiger charge is 2.22. The van der Waals surface area contributed by atoms with E-state index in [1.165, 1.54) is 18.4 Å². The van der Waals surface area contributed by atoms with E-state index in [-0.39, 0.29) is 31.2 Å². The first-order valence-electron chi connectivity index (χ1n) is 8.26. The second-order valence-electron chi connectivity index (χ2n) is 6.11. The molecule has 0 bridgehead atoms. The van der Waals surface area contributed by atoms with Gasteiger partial charge in [-0.1, -0.05) is 0 Å². The molecule has 3 N–H and O–H groups in total. The van der Waals surface area contributed by atoms with Gasteiger partial charge in [-0.2, -0.15) is 0 Å². The largest absolute Gasteiger partial charge is 0.459 e. The standard InChI is InChI=1S/C17H22FN3O4/c18-13-1-2-15(12(7-13)9-22)19-14-3-5-21(6-4-14)8-16(23)20-17-10-24-11-25-17/h1-2,7,10,14,19,22H,3-6,8-9,11H2,(H,20,23). The molecule has 136 valence electrons. The lowest BCUT2D eigenvalue weighted by atomic mass is 10.0. The molecule has 2 heterocycles. The van der Waals surface area contributed by atoms with Crippen LogP contribution in [0.25, 0.3) is 0 Å². The van der Waals surface area contributed by atoms with E-state index in [1.54, 1.807) is 6.07 Å². The molecule has 0 atom stereocenters. The van der Waals surface area contributed by atoms with Gasteiger partial charge in [0.1, 0.15) is 12.1 Å². The van der Waals surface area contributed by atoms with Gasteiger partial charge in [0.2, 0.25) is 18.6 Å². The van der Waals surface area contributed by atoms with Crippen molar-refractivity contribution >= 4 is 11.6 Å². The fourth-order valence-electron chi connectivity index (χ4n) is 2.98. The fraction of sp³-hybridized carbons (Fsp3) is 0.471. The number of rotatable bonds is 6. The van der Waals surface area contributed by atoms with E-state index < -0.39 is 0 Å². The van der Waals surface area contributed by atoms with Gasteiger partial charge in [0.05, 0.1) is 13.2 Å². The number of anilines is 1. The molecule has 7 nitrogen and oxygen atoms in total. The topological polar surface area (TPSA) is 83.1 Å². The second kappa shape index (κ2) is 8.17. The van der Waals surface area contributed by atoms with Gasteiger partial charge in [0.25, 0.3) is 0 Å². The SMILES string of the molecule is O=C(CN1CCC(Nc2ccc(F)cc2CO)CC1)NC1=COCO1. The minimum absolute atomic E-state index is 0.131. The number of likely N-dealkylation sites (tertiary alicyclic amines) is 1. The lowest BCUT2D eigenvalue weighted by molar-refractivity contribution is -0.122. The zero-order chi connectivity index (χ0) is 17.6. The average Bonchev–Trinajstić information content (AvgIpc) is 3.11. The molecular weight excluding hydrogens is 329 g/mol. The number of hydrogen-bond acceptors (Lipinski definition) is 6. The van der Waals surface area contributed by atoms with E-state index in [4.69, 9.17) is 9.47 Å². The molecule has 1 fully saturated rings. The Morgan fingerprint density at radius 3 is 2.84 bits per heavy atom. The van der Waals surface area contributed by atoms with Gasteiger partial charge >= 0.3 is 0 Å². The molecule has 1 amide bonds. The number of hydrogen-bond donors (Lipinski definition) is 3. The van der Waals surface area contributed by atoms with E-state index in [9.17, 15) is 14.3 Å². The molecule has 0 unspecified atom stereocenters. The molecule has 0 spiro atoms. The first-order valence-corrected chi connectivity index (χ1v) is 8.26. The minimum Gasteiger partial charge on any atom is -0.459 e. The Hall–Kier alpha value is -2.32. The van der Waals surface area contributed by atoms with Gasteiger partial charge in [0, 0.05) is 30.4 Å². The lowest BCUT2D eigenvalue weighted by Gasteiger charge is -2.32. The fourth-order valence-corrected chi connectivity index (χ4v) is 2.98. The number of aliphatic hydroxyl groups is 1. The number of carbonyl (C=O) groups excluding carboxylic acids is 1. The van der Waals surface area contributed by atoms with E-state index in [2.05, 4.69) is 15.5 Å². The van der Waals surface area contributed by atoms with Crippen LogP contribution in [0, 0.1) is 5.82 Å². The maximum absolute atomic E-state index is 13.2. The normalized spacial score (nSPS) is 18.2. The molecule has 3 rings (SSSR count). The Morgan fingerprint density at radius 2 is 2.16 bits per heavy atom. The van der Waals surface area contributed by atoms with E-state index >= 15 is 0 Å². The van der Waals surface area contributed by atoms with Crippen molar-refractivity contribution in [2.75, 3.05) is 31.7 Å². The Labute approximate surface area is 145 Å². The van der Waals surface area contributed by atoms with Crippen LogP contribution in [0.4, 0.5) is 10.1 Å². The summed E-state index contributed by atoms with van der Waals surface area (Å²) in [4.78, 5) is 14.0. The minimum atomic E-state index is -0.359. The lowest BCUT2D eigenvalue weighted by Crippen LogP contribution is -2.44. The maximum Gasteiger partial charge on any atom is 0.240 e. The molecule has 1 aromatic rings. The van der Waals surface area contributed by atoms with Crippen LogP contribution in [0.3, 0.4) is 0 Å². The molecule has 0 aliphatic carbocycles. The summed E-state index contributed by atoms with van der Waals surface area (Å²) in [5.41, 5.74) is 1.30. The Balaban J connectivity index is 1.45. The molecular formula is C17H22FN3O4. The summed E-state index contributed by atoms with van der Waals surface area (Å²) in [6.45, 7) is 1.77. The summed E-state index contributed by atoms with van der Waals surface area (Å²) in [7, 11) is 0. The van der Waals surface area contributed by atoms with Gasteiger partial charge in [-0.15, -0.1) is 0 Å². The predicted molar refractivity (Wildman–Crippen MR) is 88.7 cm³/mol. The van der Waals surface area contributed by atoms with Crippen LogP contribution in [0.2, 0.25) is 0 Å². The molecule has 1 aromatic carbocycles. The zero-order valence-corrected chi connectivity index (χ0v) is 13.8. The molecule has 2 aliphatic heterocycles. The van der Waals surface area contributed by atoms with E-state index in [0.29, 0.717) is 18.0 Å². The van der Waals surface area contributed by atoms with Crippen LogP contribution in [0.15, 0.2) is 30.3 Å². The van der Waals surface area contributed by atoms with Crippen molar-refractivity contribution < 1.29 is 23.8 Å². The van der Waals surface area contributed by atoms with Crippen molar-refractivity contribution in [3.8, 4) is 0 Å². The van der Waals surface area contributed by atoms with Crippen molar-refractivity contribution in [3.05, 3.63) is 41.7 Å². The highest BCUT2D eigenvalue weighted by atomic mass is 19.1. The number of nitrogens with zero attached hydrogens (tertiary/aromatic N) is 1. The van der Waals surface area contributed by atoms with E-state index in [0.717, 1.165) is 31.6 Å². The van der Waals surface area contributed by atoms with Crippen molar-refractivity contribution in [2.24, 2.45) is 0 Å². The number of amides is 1. The van der Waals surface area contributed by atoms with Crippen LogP contribution in [-0.4, -0.2) is 48.4 Å². The molecule has 25 heavy (non-hydrogen) atoms. The molecule has 0 saturated carbocycles. The zero-order valence-electron chi connectivity index (χ0n) is 13.8. The maximum atomic E-state index is 13.2. The Bertz CT molecular complexity index is 645. The van der Waals surface area contributed by atoms with Gasteiger partial charge in [-0.05, 0) is 31.0 Å². The van der Waals surface area contributed by atoms with Crippen LogP contribution in [-0.2, 0) is 20.9 Å². The second-order valence-corrected chi connectivity index (χ2v) is 6.11. The number of benzene rings is 1. The number of nitrogens with one attached hydrogen (secondary N) is 2. The third-order valence-corrected chi connectivity index (χ3v) is 4.29. The predicted octanol–water partition coefficient (Wildman–Crippen LogP) is 1.11. The first-order chi connectivity index (χ1) is 12.1. The van der Waals surface area contributed by atoms with Gasteiger partial charge < -0.3 is 19.9 Å². The van der Waals surface area contributed by atoms with Crippen molar-refractivity contribution in [1.82, 2.24) is 10.2 Å². The van der Waals surface area contributed by atoms with Crippen LogP contribution in [0.1, 0.15) is 18.4 Å². The van der Waals surface area contributed by atoms with Crippen LogP contribution in [0.5, 0.6) is 0 Å². The smallest absolute Gasteiger partial charge is 0.240 e. The molecule has 0 aromatic heterocycles. The summed E-state index contributed by atoms with van der Waals surface area (Å²) in [6, 6.07) is 4.60. The van der Waals surface area contributed by atoms with Crippen molar-refractivity contribution in [1.29, 1.82) is 0 Å². The molecule has 0 radical (unpaired) electrons. The van der Waals surface area contributed by atoms with Crippen LogP contribution >= 0.6 is 0 Å². The monoisotopic (exact) mass is 351 g/mol. The summed E-state index contributed by atoms with van der Waals surface area (Å²) >= 11 is 0. The summed E-state index contributed by atoms with van der Waals surface area (Å²) < 4.78 is 23.2. The summed E-state index contributed by atoms with van der Waals surface area (Å²) in [5, 5.41) is 15.4. The Kier molecular flexibility index (Phi) is 5.72. The highest BCUT2D eigenvalue weighted by Crippen LogP contribution is 2.21. The molecule has 2 aliphatic rings. The summed E-state index contributed by atoms with van der Waals surface area (Å²) in [5.74, 6) is -0.152. The molecule has 1 saturated heterocycles. The highest BCUT2D eigenvalue weighted by molar-refractivity contribution is 5.79. The number of aliphatic hydroxyl groups excluding tert-OH is 1. The number of ether oxygens (including phenoxy) is 2. The Morgan fingerprint density at radius 1 is 1.36 bits per heavy atom. The van der Waals surface area contributed by atoms with Crippen molar-refractivity contribution in [3.63, 3.8) is 0 Å². The third kappa shape index (κ3) is 4.83. The van der Waals surface area contributed by atoms with Crippen LogP contribution < -0.4 is 10.6 Å². The number of halogens is 1. The van der Waals surface area contributed by atoms with Crippen molar-refractivity contribution in [2.45, 2.75) is 25.5 Å². The first kappa shape index (κ1) is 17.5. The van der Waals surface area contributed by atoms with E-state index in [1.807, 2.05) is 0 Å². The average molecular weight is 351 g/mol. The van der Waals surface area contributed by atoms with Gasteiger partial charge in [0.15, 0.2) is 0 Å². The third-order valence-electron chi connectivity index (χ3n) is 4.29. The van der Waals surface area contributed by atoms with Gasteiger partial charge in [-0.25, -0.2) is 4.39 Å².